The fraction of sp³-hybridized carbons (Fsp3) is 0.0476. The zero-order chi connectivity index (χ0) is 21.1. The Bertz CT molecular complexity index is 1300. The van der Waals surface area contributed by atoms with Crippen LogP contribution in [0, 0.1) is 22.7 Å². The van der Waals surface area contributed by atoms with Gasteiger partial charge in [0.15, 0.2) is 17.3 Å². The van der Waals surface area contributed by atoms with Crippen LogP contribution in [0.4, 0.5) is 23.0 Å². The summed E-state index contributed by atoms with van der Waals surface area (Å²) in [5, 5.41) is 29.8. The first-order valence-corrected chi connectivity index (χ1v) is 9.16. The van der Waals surface area contributed by atoms with Crippen molar-refractivity contribution in [3.8, 4) is 17.9 Å². The van der Waals surface area contributed by atoms with E-state index in [0.717, 1.165) is 5.69 Å². The van der Waals surface area contributed by atoms with E-state index in [1.165, 1.54) is 10.7 Å². The summed E-state index contributed by atoms with van der Waals surface area (Å²) in [5.41, 5.74) is 2.58. The lowest BCUT2D eigenvalue weighted by molar-refractivity contribution is 0.415. The third-order valence-corrected chi connectivity index (χ3v) is 4.61. The highest BCUT2D eigenvalue weighted by molar-refractivity contribution is 6.33. The summed E-state index contributed by atoms with van der Waals surface area (Å²) in [6.07, 6.45) is 1.46. The Hall–Kier alpha value is -4.27. The minimum absolute atomic E-state index is 0.252. The number of hydrogen-bond acceptors (Lipinski definition) is 7. The van der Waals surface area contributed by atoms with Crippen LogP contribution in [0.15, 0.2) is 54.7 Å². The van der Waals surface area contributed by atoms with E-state index in [1.54, 1.807) is 43.5 Å². The molecule has 8 nitrogen and oxygen atoms in total. The van der Waals surface area contributed by atoms with Crippen LogP contribution >= 0.6 is 11.6 Å². The summed E-state index contributed by atoms with van der Waals surface area (Å²) in [7, 11) is 1.59. The summed E-state index contributed by atoms with van der Waals surface area (Å²) in [5.74, 6) is 1.44. The molecular formula is C21H14ClN7O. The Balaban J connectivity index is 1.81. The lowest BCUT2D eigenvalue weighted by atomic mass is 10.2. The predicted molar refractivity (Wildman–Crippen MR) is 113 cm³/mol. The summed E-state index contributed by atoms with van der Waals surface area (Å²) in [6, 6.07) is 18.3. The molecule has 0 radical (unpaired) electrons. The maximum atomic E-state index is 9.88. The Labute approximate surface area is 176 Å². The SMILES string of the molecule is COc1ccc(Nc2nc3c(Cl)cnn3c(Nc3ccc(C#N)cc3)c2C#N)cc1. The van der Waals surface area contributed by atoms with E-state index in [-0.39, 0.29) is 5.56 Å². The highest BCUT2D eigenvalue weighted by Crippen LogP contribution is 2.31. The molecule has 0 unspecified atom stereocenters. The fourth-order valence-corrected chi connectivity index (χ4v) is 3.02. The first-order valence-electron chi connectivity index (χ1n) is 8.78. The number of halogens is 1. The van der Waals surface area contributed by atoms with Gasteiger partial charge in [0.25, 0.3) is 0 Å². The van der Waals surface area contributed by atoms with E-state index in [2.05, 4.69) is 32.9 Å². The Morgan fingerprint density at radius 3 is 2.27 bits per heavy atom. The molecule has 4 aromatic rings. The maximum Gasteiger partial charge on any atom is 0.178 e. The molecule has 2 aromatic heterocycles. The van der Waals surface area contributed by atoms with E-state index < -0.39 is 0 Å². The molecule has 4 rings (SSSR count). The fourth-order valence-electron chi connectivity index (χ4n) is 2.85. The Kier molecular flexibility index (Phi) is 5.08. The lowest BCUT2D eigenvalue weighted by Gasteiger charge is -2.15. The molecule has 2 aromatic carbocycles. The normalized spacial score (nSPS) is 10.3. The van der Waals surface area contributed by atoms with Gasteiger partial charge in [0.1, 0.15) is 22.4 Å². The molecule has 0 bridgehead atoms. The molecule has 0 atom stereocenters. The van der Waals surface area contributed by atoms with Crippen LogP contribution in [0.1, 0.15) is 11.1 Å². The van der Waals surface area contributed by atoms with Crippen molar-refractivity contribution < 1.29 is 4.74 Å². The van der Waals surface area contributed by atoms with Crippen LogP contribution in [0.25, 0.3) is 5.65 Å². The number of methoxy groups -OCH3 is 1. The van der Waals surface area contributed by atoms with Crippen LogP contribution in [0.2, 0.25) is 5.02 Å². The van der Waals surface area contributed by atoms with E-state index in [0.29, 0.717) is 39.3 Å². The zero-order valence-electron chi connectivity index (χ0n) is 15.7. The lowest BCUT2D eigenvalue weighted by Crippen LogP contribution is -2.08. The van der Waals surface area contributed by atoms with E-state index in [1.807, 2.05) is 12.1 Å². The largest absolute Gasteiger partial charge is 0.497 e. The Morgan fingerprint density at radius 1 is 0.967 bits per heavy atom. The third kappa shape index (κ3) is 3.55. The molecule has 0 aliphatic rings. The highest BCUT2D eigenvalue weighted by Gasteiger charge is 2.19. The van der Waals surface area contributed by atoms with Crippen molar-refractivity contribution in [3.05, 3.63) is 70.9 Å². The van der Waals surface area contributed by atoms with Crippen molar-refractivity contribution in [1.82, 2.24) is 14.6 Å². The van der Waals surface area contributed by atoms with Crippen molar-refractivity contribution in [2.75, 3.05) is 17.7 Å². The molecule has 0 spiro atoms. The number of fused-ring (bicyclic) bond motifs is 1. The summed E-state index contributed by atoms with van der Waals surface area (Å²) in [4.78, 5) is 4.49. The number of nitrogens with zero attached hydrogens (tertiary/aromatic N) is 5. The van der Waals surface area contributed by atoms with Crippen molar-refractivity contribution in [2.24, 2.45) is 0 Å². The molecule has 2 heterocycles. The van der Waals surface area contributed by atoms with Gasteiger partial charge in [-0.25, -0.2) is 4.98 Å². The molecule has 0 saturated heterocycles. The van der Waals surface area contributed by atoms with E-state index in [4.69, 9.17) is 21.6 Å². The number of anilines is 4. The van der Waals surface area contributed by atoms with Gasteiger partial charge in [-0.1, -0.05) is 11.6 Å². The molecule has 9 heteroatoms. The van der Waals surface area contributed by atoms with Crippen LogP contribution in [0.5, 0.6) is 5.75 Å². The van der Waals surface area contributed by atoms with Gasteiger partial charge in [-0.05, 0) is 48.5 Å². The first kappa shape index (κ1) is 19.1. The molecule has 30 heavy (non-hydrogen) atoms. The third-order valence-electron chi connectivity index (χ3n) is 4.35. The molecular weight excluding hydrogens is 402 g/mol. The molecule has 2 N–H and O–H groups in total. The number of rotatable bonds is 5. The molecule has 146 valence electrons. The number of aromatic nitrogens is 3. The van der Waals surface area contributed by atoms with Crippen LogP contribution in [-0.2, 0) is 0 Å². The maximum absolute atomic E-state index is 9.88. The molecule has 0 aliphatic carbocycles. The smallest absolute Gasteiger partial charge is 0.178 e. The topological polar surface area (TPSA) is 111 Å². The first-order chi connectivity index (χ1) is 14.6. The summed E-state index contributed by atoms with van der Waals surface area (Å²) >= 11 is 6.26. The number of nitrogens with one attached hydrogen (secondary N) is 2. The van der Waals surface area contributed by atoms with Gasteiger partial charge in [-0.15, -0.1) is 0 Å². The van der Waals surface area contributed by atoms with Crippen molar-refractivity contribution in [1.29, 1.82) is 10.5 Å². The average molecular weight is 416 g/mol. The Morgan fingerprint density at radius 2 is 1.63 bits per heavy atom. The monoisotopic (exact) mass is 415 g/mol. The minimum Gasteiger partial charge on any atom is -0.497 e. The standard InChI is InChI=1S/C21H14ClN7O/c1-30-16-8-6-14(7-9-16)26-19-17(11-24)20(29-21(28-19)18(22)12-25-29)27-15-4-2-13(10-23)3-5-15/h2-9,12,27H,1H3,(H,26,28). The van der Waals surface area contributed by atoms with Gasteiger partial charge in [-0.2, -0.15) is 20.1 Å². The molecule has 0 aliphatic heterocycles. The van der Waals surface area contributed by atoms with Crippen molar-refractivity contribution in [2.45, 2.75) is 0 Å². The van der Waals surface area contributed by atoms with Gasteiger partial charge in [-0.3, -0.25) is 0 Å². The van der Waals surface area contributed by atoms with Gasteiger partial charge >= 0.3 is 0 Å². The highest BCUT2D eigenvalue weighted by atomic mass is 35.5. The van der Waals surface area contributed by atoms with E-state index in [9.17, 15) is 5.26 Å². The molecule has 0 amide bonds. The second-order valence-corrected chi connectivity index (χ2v) is 6.60. The molecule has 0 saturated carbocycles. The van der Waals surface area contributed by atoms with Gasteiger partial charge < -0.3 is 15.4 Å². The number of nitriles is 2. The van der Waals surface area contributed by atoms with Crippen LogP contribution < -0.4 is 15.4 Å². The quantitative estimate of drug-likeness (QED) is 0.489. The number of ether oxygens (including phenoxy) is 1. The van der Waals surface area contributed by atoms with Gasteiger partial charge in [0.05, 0.1) is 24.9 Å². The van der Waals surface area contributed by atoms with Crippen molar-refractivity contribution in [3.63, 3.8) is 0 Å². The summed E-state index contributed by atoms with van der Waals surface area (Å²) in [6.45, 7) is 0. The van der Waals surface area contributed by atoms with Crippen LogP contribution in [-0.4, -0.2) is 21.7 Å². The average Bonchev–Trinajstić information content (AvgIpc) is 3.15. The number of benzene rings is 2. The van der Waals surface area contributed by atoms with Gasteiger partial charge in [0, 0.05) is 11.4 Å². The van der Waals surface area contributed by atoms with Gasteiger partial charge in [0.2, 0.25) is 0 Å². The van der Waals surface area contributed by atoms with Crippen LogP contribution in [0.3, 0.4) is 0 Å². The predicted octanol–water partition coefficient (Wildman–Crippen LogP) is 4.62. The zero-order valence-corrected chi connectivity index (χ0v) is 16.5. The molecule has 0 fully saturated rings. The second-order valence-electron chi connectivity index (χ2n) is 6.19. The number of hydrogen-bond donors (Lipinski definition) is 2. The minimum atomic E-state index is 0.252. The summed E-state index contributed by atoms with van der Waals surface area (Å²) < 4.78 is 6.64. The second kappa shape index (κ2) is 8.00. The van der Waals surface area contributed by atoms with E-state index >= 15 is 0 Å². The van der Waals surface area contributed by atoms with Crippen molar-refractivity contribution >= 4 is 40.3 Å².